The summed E-state index contributed by atoms with van der Waals surface area (Å²) in [5, 5.41) is 10.4. The number of rotatable bonds is 6. The molecule has 11 heteroatoms. The Morgan fingerprint density at radius 1 is 1.37 bits per heavy atom. The van der Waals surface area contributed by atoms with Crippen molar-refractivity contribution in [2.24, 2.45) is 0 Å². The van der Waals surface area contributed by atoms with Gasteiger partial charge in [-0.15, -0.1) is 5.10 Å². The summed E-state index contributed by atoms with van der Waals surface area (Å²) in [6.07, 6.45) is 1.48. The van der Waals surface area contributed by atoms with Crippen molar-refractivity contribution >= 4 is 29.5 Å². The molecule has 0 aromatic carbocycles. The Hall–Kier alpha value is -3.34. The fourth-order valence-electron chi connectivity index (χ4n) is 3.20. The number of furan rings is 1. The van der Waals surface area contributed by atoms with Crippen LogP contribution in [0, 0.1) is 13.8 Å². The molecule has 0 fully saturated rings. The van der Waals surface area contributed by atoms with Gasteiger partial charge in [-0.1, -0.05) is 11.8 Å². The molecule has 1 aliphatic heterocycles. The first-order valence-corrected chi connectivity index (χ1v) is 10.3. The number of nitrogens with zero attached hydrogens (tertiary/aromatic N) is 4. The molecule has 1 atom stereocenters. The van der Waals surface area contributed by atoms with Gasteiger partial charge < -0.3 is 19.8 Å². The number of esters is 1. The summed E-state index contributed by atoms with van der Waals surface area (Å²) in [5.41, 5.74) is 2.47. The topological polar surface area (TPSA) is 124 Å². The van der Waals surface area contributed by atoms with E-state index in [1.165, 1.54) is 18.0 Å². The summed E-state index contributed by atoms with van der Waals surface area (Å²) >= 11 is 1.29. The van der Waals surface area contributed by atoms with Crippen molar-refractivity contribution in [2.45, 2.75) is 32.0 Å². The normalized spacial score (nSPS) is 16.5. The second kappa shape index (κ2) is 8.19. The van der Waals surface area contributed by atoms with Crippen LogP contribution in [0.5, 0.6) is 0 Å². The van der Waals surface area contributed by atoms with Gasteiger partial charge in [0.05, 0.1) is 18.4 Å². The van der Waals surface area contributed by atoms with E-state index in [2.05, 4.69) is 25.7 Å². The van der Waals surface area contributed by atoms with Crippen molar-refractivity contribution in [3.8, 4) is 0 Å². The van der Waals surface area contributed by atoms with E-state index in [0.717, 1.165) is 11.4 Å². The molecule has 10 nitrogen and oxygen atoms in total. The van der Waals surface area contributed by atoms with E-state index < -0.39 is 18.0 Å². The number of thioether (sulfide) groups is 1. The van der Waals surface area contributed by atoms with Crippen LogP contribution in [0.2, 0.25) is 0 Å². The molecule has 1 unspecified atom stereocenters. The fourth-order valence-corrected chi connectivity index (χ4v) is 3.98. The number of fused-ring (bicyclic) bond motifs is 1. The van der Waals surface area contributed by atoms with Crippen LogP contribution < -0.4 is 10.6 Å². The molecular weight excluding hydrogens is 408 g/mol. The molecule has 1 aliphatic rings. The van der Waals surface area contributed by atoms with Crippen molar-refractivity contribution in [3.63, 3.8) is 0 Å². The minimum absolute atomic E-state index is 0.208. The van der Waals surface area contributed by atoms with Gasteiger partial charge in [-0.3, -0.25) is 0 Å². The molecule has 0 spiro atoms. The maximum Gasteiger partial charge on any atom is 0.338 e. The van der Waals surface area contributed by atoms with Gasteiger partial charge in [0.2, 0.25) is 5.16 Å². The van der Waals surface area contributed by atoms with Gasteiger partial charge in [-0.25, -0.2) is 19.1 Å². The van der Waals surface area contributed by atoms with Gasteiger partial charge in [-0.05, 0) is 39.0 Å². The van der Waals surface area contributed by atoms with E-state index in [4.69, 9.17) is 9.15 Å². The number of hydrogen-bond donors (Lipinski definition) is 2. The minimum atomic E-state index is -0.746. The molecule has 0 saturated heterocycles. The Morgan fingerprint density at radius 2 is 2.20 bits per heavy atom. The number of amides is 2. The zero-order valence-electron chi connectivity index (χ0n) is 16.6. The van der Waals surface area contributed by atoms with Gasteiger partial charge >= 0.3 is 12.0 Å². The van der Waals surface area contributed by atoms with Crippen molar-refractivity contribution in [1.82, 2.24) is 30.2 Å². The lowest BCUT2D eigenvalue weighted by molar-refractivity contribution is -0.139. The van der Waals surface area contributed by atoms with Gasteiger partial charge in [-0.2, -0.15) is 4.98 Å². The van der Waals surface area contributed by atoms with E-state index >= 15 is 0 Å². The van der Waals surface area contributed by atoms with Crippen molar-refractivity contribution in [1.29, 1.82) is 0 Å². The molecule has 3 aromatic rings. The van der Waals surface area contributed by atoms with Crippen LogP contribution in [-0.2, 0) is 9.53 Å². The number of carbonyl (C=O) groups excluding carboxylic acids is 2. The van der Waals surface area contributed by atoms with Crippen LogP contribution in [0.25, 0.3) is 5.78 Å². The first-order valence-electron chi connectivity index (χ1n) is 9.31. The molecule has 156 valence electrons. The highest BCUT2D eigenvalue weighted by molar-refractivity contribution is 7.99. The van der Waals surface area contributed by atoms with Crippen LogP contribution >= 0.6 is 11.8 Å². The molecule has 0 radical (unpaired) electrons. The molecule has 2 N–H and O–H groups in total. The quantitative estimate of drug-likeness (QED) is 0.453. The number of ether oxygens (including phenoxy) is 1. The van der Waals surface area contributed by atoms with Crippen LogP contribution in [-0.4, -0.2) is 43.9 Å². The van der Waals surface area contributed by atoms with Crippen molar-refractivity contribution in [3.05, 3.63) is 52.9 Å². The highest BCUT2D eigenvalue weighted by Crippen LogP contribution is 2.30. The Morgan fingerprint density at radius 3 is 2.93 bits per heavy atom. The van der Waals surface area contributed by atoms with E-state index in [1.807, 2.05) is 19.9 Å². The third kappa shape index (κ3) is 3.88. The van der Waals surface area contributed by atoms with Gasteiger partial charge in [0, 0.05) is 22.8 Å². The maximum absolute atomic E-state index is 12.7. The number of nitrogens with one attached hydrogen (secondary N) is 2. The van der Waals surface area contributed by atoms with E-state index in [-0.39, 0.29) is 17.9 Å². The van der Waals surface area contributed by atoms with Crippen LogP contribution in [0.1, 0.15) is 30.1 Å². The van der Waals surface area contributed by atoms with Gasteiger partial charge in [0.1, 0.15) is 11.8 Å². The number of hydrogen-bond acceptors (Lipinski definition) is 8. The van der Waals surface area contributed by atoms with E-state index in [1.54, 1.807) is 23.6 Å². The van der Waals surface area contributed by atoms with E-state index in [0.29, 0.717) is 22.4 Å². The predicted octanol–water partition coefficient (Wildman–Crippen LogP) is 2.30. The molecule has 3 aromatic heterocycles. The summed E-state index contributed by atoms with van der Waals surface area (Å²) in [4.78, 5) is 33.7. The number of aromatic nitrogens is 4. The van der Waals surface area contributed by atoms with E-state index in [9.17, 15) is 9.59 Å². The molecule has 4 heterocycles. The Kier molecular flexibility index (Phi) is 5.44. The maximum atomic E-state index is 12.7. The molecule has 0 saturated carbocycles. The average Bonchev–Trinajstić information content (AvgIpc) is 3.36. The summed E-state index contributed by atoms with van der Waals surface area (Å²) in [7, 11) is 0. The Bertz CT molecular complexity index is 1140. The number of urea groups is 1. The third-order valence-electron chi connectivity index (χ3n) is 4.42. The largest absolute Gasteiger partial charge is 0.467 e. The summed E-state index contributed by atoms with van der Waals surface area (Å²) in [6.45, 7) is 5.75. The molecule has 0 bridgehead atoms. The zero-order chi connectivity index (χ0) is 21.3. The SMILES string of the molecule is CCOC(=O)C1=C(CSc2nc3nc(C)cc(C)n3n2)NC(=O)NC1c1ccco1. The first-order chi connectivity index (χ1) is 14.5. The summed E-state index contributed by atoms with van der Waals surface area (Å²) < 4.78 is 12.3. The first kappa shape index (κ1) is 20.0. The third-order valence-corrected chi connectivity index (χ3v) is 5.29. The van der Waals surface area contributed by atoms with Crippen LogP contribution in [0.3, 0.4) is 0 Å². The number of aryl methyl sites for hydroxylation is 2. The van der Waals surface area contributed by atoms with Gasteiger partial charge in [0.15, 0.2) is 0 Å². The van der Waals surface area contributed by atoms with Crippen molar-refractivity contribution < 1.29 is 18.7 Å². The summed E-state index contributed by atoms with van der Waals surface area (Å²) in [5.74, 6) is 0.667. The molecule has 0 aliphatic carbocycles. The smallest absolute Gasteiger partial charge is 0.338 e. The predicted molar refractivity (Wildman–Crippen MR) is 108 cm³/mol. The molecular formula is C19H20N6O4S. The summed E-state index contributed by atoms with van der Waals surface area (Å²) in [6, 6.07) is 4.12. The minimum Gasteiger partial charge on any atom is -0.467 e. The Labute approximate surface area is 176 Å². The van der Waals surface area contributed by atoms with Crippen molar-refractivity contribution in [2.75, 3.05) is 12.4 Å². The second-order valence-corrected chi connectivity index (χ2v) is 7.54. The molecule has 2 amide bonds. The standard InChI is InChI=1S/C19H20N6O4S/c1-4-28-16(26)14-12(21-18(27)22-15(14)13-6-5-7-29-13)9-30-19-23-17-20-10(2)8-11(3)25(17)24-19/h5-8,15H,4,9H2,1-3H3,(H2,21,22,27). The van der Waals surface area contributed by atoms with Gasteiger partial charge in [0.25, 0.3) is 5.78 Å². The second-order valence-electron chi connectivity index (χ2n) is 6.59. The average molecular weight is 428 g/mol. The zero-order valence-corrected chi connectivity index (χ0v) is 17.4. The lowest BCUT2D eigenvalue weighted by atomic mass is 10.0. The Balaban J connectivity index is 1.66. The van der Waals surface area contributed by atoms with Crippen LogP contribution in [0.15, 0.2) is 45.3 Å². The highest BCUT2D eigenvalue weighted by Gasteiger charge is 2.35. The monoisotopic (exact) mass is 428 g/mol. The highest BCUT2D eigenvalue weighted by atomic mass is 32.2. The lowest BCUT2D eigenvalue weighted by Gasteiger charge is -2.27. The molecule has 4 rings (SSSR count). The molecule has 30 heavy (non-hydrogen) atoms. The fraction of sp³-hybridized carbons (Fsp3) is 0.316. The van der Waals surface area contributed by atoms with Crippen LogP contribution in [0.4, 0.5) is 4.79 Å². The number of carbonyl (C=O) groups is 2. The lowest BCUT2D eigenvalue weighted by Crippen LogP contribution is -2.46.